The van der Waals surface area contributed by atoms with Crippen LogP contribution in [-0.2, 0) is 14.3 Å². The Morgan fingerprint density at radius 1 is 1.26 bits per heavy atom. The lowest BCUT2D eigenvalue weighted by molar-refractivity contribution is -0.145. The summed E-state index contributed by atoms with van der Waals surface area (Å²) in [6, 6.07) is -0.473. The SMILES string of the molecule is CC(C)(C)OC(=O)N1CCN2C(=O)CC[C@H]2C1=O.S. The smallest absolute Gasteiger partial charge is 0.417 e. The van der Waals surface area contributed by atoms with Gasteiger partial charge in [-0.2, -0.15) is 13.5 Å². The van der Waals surface area contributed by atoms with Crippen molar-refractivity contribution in [2.45, 2.75) is 45.3 Å². The minimum absolute atomic E-state index is 0. The third-order valence-electron chi connectivity index (χ3n) is 3.06. The molecule has 0 aliphatic carbocycles. The van der Waals surface area contributed by atoms with Gasteiger partial charge in [-0.25, -0.2) is 9.69 Å². The molecule has 7 heteroatoms. The van der Waals surface area contributed by atoms with Crippen molar-refractivity contribution in [1.29, 1.82) is 0 Å². The Kier molecular flexibility index (Phi) is 4.50. The molecule has 0 spiro atoms. The zero-order valence-electron chi connectivity index (χ0n) is 11.4. The molecule has 0 radical (unpaired) electrons. The lowest BCUT2D eigenvalue weighted by Gasteiger charge is -2.36. The molecule has 0 saturated carbocycles. The van der Waals surface area contributed by atoms with Crippen LogP contribution in [0.15, 0.2) is 0 Å². The van der Waals surface area contributed by atoms with Crippen molar-refractivity contribution < 1.29 is 19.1 Å². The van der Waals surface area contributed by atoms with E-state index in [0.29, 0.717) is 19.4 Å². The molecular weight excluding hydrogens is 268 g/mol. The topological polar surface area (TPSA) is 66.9 Å². The summed E-state index contributed by atoms with van der Waals surface area (Å²) in [5, 5.41) is 0. The summed E-state index contributed by atoms with van der Waals surface area (Å²) in [4.78, 5) is 38.2. The molecule has 2 heterocycles. The van der Waals surface area contributed by atoms with E-state index in [9.17, 15) is 14.4 Å². The van der Waals surface area contributed by atoms with Gasteiger partial charge < -0.3 is 9.64 Å². The number of carbonyl (C=O) groups is 3. The highest BCUT2D eigenvalue weighted by molar-refractivity contribution is 7.59. The minimum Gasteiger partial charge on any atom is -0.443 e. The molecule has 0 bridgehead atoms. The standard InChI is InChI=1S/C12H18N2O4.H2S/c1-12(2,3)18-11(17)14-7-6-13-8(10(14)16)4-5-9(13)15;/h8H,4-7H2,1-3H3;1H2/t8-;/m0./s1. The van der Waals surface area contributed by atoms with Crippen molar-refractivity contribution in [3.05, 3.63) is 0 Å². The third-order valence-corrected chi connectivity index (χ3v) is 3.06. The van der Waals surface area contributed by atoms with Gasteiger partial charge in [-0.1, -0.05) is 0 Å². The first-order valence-corrected chi connectivity index (χ1v) is 6.13. The highest BCUT2D eigenvalue weighted by atomic mass is 32.1. The second kappa shape index (κ2) is 5.40. The van der Waals surface area contributed by atoms with E-state index in [1.54, 1.807) is 25.7 Å². The van der Waals surface area contributed by atoms with Crippen LogP contribution in [0.5, 0.6) is 0 Å². The summed E-state index contributed by atoms with van der Waals surface area (Å²) in [5.41, 5.74) is -0.625. The highest BCUT2D eigenvalue weighted by Gasteiger charge is 2.44. The van der Waals surface area contributed by atoms with Gasteiger partial charge in [0.15, 0.2) is 0 Å². The lowest BCUT2D eigenvalue weighted by Crippen LogP contribution is -2.57. The maximum Gasteiger partial charge on any atom is 0.417 e. The van der Waals surface area contributed by atoms with Crippen LogP contribution in [0, 0.1) is 0 Å². The molecule has 2 aliphatic heterocycles. The molecule has 1 atom stereocenters. The van der Waals surface area contributed by atoms with Crippen LogP contribution in [0.1, 0.15) is 33.6 Å². The van der Waals surface area contributed by atoms with Gasteiger partial charge in [0.2, 0.25) is 5.91 Å². The van der Waals surface area contributed by atoms with E-state index in [0.717, 1.165) is 4.90 Å². The quantitative estimate of drug-likeness (QED) is 0.663. The molecule has 0 unspecified atom stereocenters. The molecule has 2 aliphatic rings. The molecule has 0 N–H and O–H groups in total. The Bertz CT molecular complexity index is 405. The zero-order valence-corrected chi connectivity index (χ0v) is 12.4. The van der Waals surface area contributed by atoms with E-state index in [-0.39, 0.29) is 31.9 Å². The largest absolute Gasteiger partial charge is 0.443 e. The van der Waals surface area contributed by atoms with Crippen molar-refractivity contribution in [2.24, 2.45) is 0 Å². The molecule has 3 amide bonds. The van der Waals surface area contributed by atoms with E-state index in [2.05, 4.69) is 0 Å². The van der Waals surface area contributed by atoms with E-state index < -0.39 is 17.7 Å². The normalized spacial score (nSPS) is 23.0. The van der Waals surface area contributed by atoms with Crippen molar-refractivity contribution in [3.8, 4) is 0 Å². The van der Waals surface area contributed by atoms with Crippen LogP contribution in [0.4, 0.5) is 4.79 Å². The fourth-order valence-electron chi connectivity index (χ4n) is 2.27. The Morgan fingerprint density at radius 3 is 2.47 bits per heavy atom. The number of carbonyl (C=O) groups excluding carboxylic acids is 3. The Morgan fingerprint density at radius 2 is 1.89 bits per heavy atom. The van der Waals surface area contributed by atoms with Crippen LogP contribution >= 0.6 is 13.5 Å². The average Bonchev–Trinajstić information content (AvgIpc) is 2.59. The summed E-state index contributed by atoms with van der Waals surface area (Å²) in [5.74, 6) is -0.321. The van der Waals surface area contributed by atoms with Gasteiger partial charge in [-0.05, 0) is 27.2 Å². The first kappa shape index (κ1) is 15.8. The molecule has 19 heavy (non-hydrogen) atoms. The van der Waals surface area contributed by atoms with Crippen LogP contribution in [0.25, 0.3) is 0 Å². The summed E-state index contributed by atoms with van der Waals surface area (Å²) in [6.07, 6.45) is 0.265. The van der Waals surface area contributed by atoms with Gasteiger partial charge in [-0.3, -0.25) is 9.59 Å². The maximum absolute atomic E-state index is 12.1. The monoisotopic (exact) mass is 288 g/mol. The summed E-state index contributed by atoms with van der Waals surface area (Å²) in [6.45, 7) is 5.89. The van der Waals surface area contributed by atoms with Gasteiger partial charge in [0.25, 0.3) is 5.91 Å². The maximum atomic E-state index is 12.1. The third kappa shape index (κ3) is 3.20. The van der Waals surface area contributed by atoms with Crippen LogP contribution < -0.4 is 0 Å². The van der Waals surface area contributed by atoms with Gasteiger partial charge in [0, 0.05) is 19.5 Å². The summed E-state index contributed by atoms with van der Waals surface area (Å²) >= 11 is 0. The van der Waals surface area contributed by atoms with E-state index in [4.69, 9.17) is 4.74 Å². The summed E-state index contributed by atoms with van der Waals surface area (Å²) in [7, 11) is 0. The zero-order chi connectivity index (χ0) is 13.5. The first-order valence-electron chi connectivity index (χ1n) is 6.13. The predicted molar refractivity (Wildman–Crippen MR) is 73.1 cm³/mol. The number of hydrogen-bond donors (Lipinski definition) is 0. The predicted octanol–water partition coefficient (Wildman–Crippen LogP) is 0.867. The number of fused-ring (bicyclic) bond motifs is 1. The molecule has 0 aromatic carbocycles. The number of piperazine rings is 1. The number of rotatable bonds is 0. The second-order valence-electron chi connectivity index (χ2n) is 5.61. The van der Waals surface area contributed by atoms with Gasteiger partial charge in [0.05, 0.1) is 0 Å². The Labute approximate surface area is 119 Å². The van der Waals surface area contributed by atoms with E-state index in [1.165, 1.54) is 0 Å². The number of hydrogen-bond acceptors (Lipinski definition) is 4. The van der Waals surface area contributed by atoms with Crippen molar-refractivity contribution in [3.63, 3.8) is 0 Å². The van der Waals surface area contributed by atoms with Gasteiger partial charge in [0.1, 0.15) is 11.6 Å². The molecule has 2 fully saturated rings. The van der Waals surface area contributed by atoms with Crippen molar-refractivity contribution in [1.82, 2.24) is 9.80 Å². The highest BCUT2D eigenvalue weighted by Crippen LogP contribution is 2.25. The van der Waals surface area contributed by atoms with Gasteiger partial charge in [-0.15, -0.1) is 0 Å². The van der Waals surface area contributed by atoms with Crippen LogP contribution in [0.3, 0.4) is 0 Å². The summed E-state index contributed by atoms with van der Waals surface area (Å²) < 4.78 is 5.19. The van der Waals surface area contributed by atoms with Crippen molar-refractivity contribution in [2.75, 3.05) is 13.1 Å². The number of imide groups is 1. The molecule has 0 aromatic heterocycles. The van der Waals surface area contributed by atoms with Crippen LogP contribution in [0.2, 0.25) is 0 Å². The molecule has 6 nitrogen and oxygen atoms in total. The van der Waals surface area contributed by atoms with Crippen molar-refractivity contribution >= 4 is 31.4 Å². The van der Waals surface area contributed by atoms with Crippen LogP contribution in [-0.4, -0.2) is 52.4 Å². The second-order valence-corrected chi connectivity index (χ2v) is 5.61. The number of ether oxygens (including phenoxy) is 1. The van der Waals surface area contributed by atoms with Gasteiger partial charge >= 0.3 is 6.09 Å². The first-order chi connectivity index (χ1) is 8.29. The number of amides is 3. The minimum atomic E-state index is -0.625. The molecule has 0 aromatic rings. The fraction of sp³-hybridized carbons (Fsp3) is 0.750. The molecule has 108 valence electrons. The number of nitrogens with zero attached hydrogens (tertiary/aromatic N) is 2. The Balaban J connectivity index is 0.00000180. The van der Waals surface area contributed by atoms with E-state index >= 15 is 0 Å². The van der Waals surface area contributed by atoms with E-state index in [1.807, 2.05) is 0 Å². The Hall–Kier alpha value is -1.24. The average molecular weight is 288 g/mol. The lowest BCUT2D eigenvalue weighted by atomic mass is 10.1. The molecule has 2 saturated heterocycles. The molecule has 2 rings (SSSR count). The fourth-order valence-corrected chi connectivity index (χ4v) is 2.27. The molecular formula is C12H20N2O4S.